The summed E-state index contributed by atoms with van der Waals surface area (Å²) in [5, 5.41) is 5.45. The summed E-state index contributed by atoms with van der Waals surface area (Å²) >= 11 is 0. The van der Waals surface area contributed by atoms with Gasteiger partial charge in [0, 0.05) is 17.8 Å². The van der Waals surface area contributed by atoms with Crippen LogP contribution in [-0.4, -0.2) is 16.4 Å². The molecule has 0 spiro atoms. The first kappa shape index (κ1) is 20.1. The van der Waals surface area contributed by atoms with Gasteiger partial charge in [0.25, 0.3) is 11.5 Å². The zero-order valence-electron chi connectivity index (χ0n) is 16.4. The van der Waals surface area contributed by atoms with Crippen molar-refractivity contribution in [1.82, 2.24) is 9.88 Å². The SMILES string of the molecule is Cc1ccc(C(=O)Nc2ccc(C)n(CC(=O)NCc3ccccc3)c2=O)cc1. The van der Waals surface area contributed by atoms with Crippen molar-refractivity contribution in [1.29, 1.82) is 0 Å². The van der Waals surface area contributed by atoms with Crippen LogP contribution in [0.4, 0.5) is 5.69 Å². The Labute approximate surface area is 169 Å². The zero-order chi connectivity index (χ0) is 20.8. The first-order chi connectivity index (χ1) is 13.9. The minimum atomic E-state index is -0.416. The molecule has 0 radical (unpaired) electrons. The first-order valence-electron chi connectivity index (χ1n) is 9.33. The fourth-order valence-electron chi connectivity index (χ4n) is 2.86. The van der Waals surface area contributed by atoms with Gasteiger partial charge in [-0.25, -0.2) is 0 Å². The van der Waals surface area contributed by atoms with Crippen LogP contribution in [0.1, 0.15) is 27.2 Å². The lowest BCUT2D eigenvalue weighted by Gasteiger charge is -2.13. The Kier molecular flexibility index (Phi) is 6.24. The largest absolute Gasteiger partial charge is 0.350 e. The normalized spacial score (nSPS) is 10.4. The van der Waals surface area contributed by atoms with E-state index in [9.17, 15) is 14.4 Å². The Bertz CT molecular complexity index is 1070. The lowest BCUT2D eigenvalue weighted by molar-refractivity contribution is -0.121. The van der Waals surface area contributed by atoms with Crippen LogP contribution in [0.5, 0.6) is 0 Å². The molecule has 0 bridgehead atoms. The summed E-state index contributed by atoms with van der Waals surface area (Å²) in [6.07, 6.45) is 0. The number of nitrogens with one attached hydrogen (secondary N) is 2. The number of hydrogen-bond donors (Lipinski definition) is 2. The Morgan fingerprint density at radius 1 is 0.897 bits per heavy atom. The molecule has 2 N–H and O–H groups in total. The minimum Gasteiger partial charge on any atom is -0.350 e. The Morgan fingerprint density at radius 2 is 1.59 bits per heavy atom. The fraction of sp³-hybridized carbons (Fsp3) is 0.174. The number of rotatable bonds is 6. The van der Waals surface area contributed by atoms with Gasteiger partial charge in [0.1, 0.15) is 12.2 Å². The average Bonchev–Trinajstić information content (AvgIpc) is 2.73. The van der Waals surface area contributed by atoms with E-state index in [2.05, 4.69) is 10.6 Å². The van der Waals surface area contributed by atoms with Gasteiger partial charge in [0.15, 0.2) is 0 Å². The molecule has 2 aromatic carbocycles. The molecule has 3 rings (SSSR count). The monoisotopic (exact) mass is 389 g/mol. The van der Waals surface area contributed by atoms with Crippen molar-refractivity contribution < 1.29 is 9.59 Å². The van der Waals surface area contributed by atoms with E-state index in [0.29, 0.717) is 17.8 Å². The second kappa shape index (κ2) is 9.01. The van der Waals surface area contributed by atoms with Crippen LogP contribution >= 0.6 is 0 Å². The summed E-state index contributed by atoms with van der Waals surface area (Å²) in [5.41, 5.74) is 2.84. The number of aromatic nitrogens is 1. The summed E-state index contributed by atoms with van der Waals surface area (Å²) in [7, 11) is 0. The van der Waals surface area contributed by atoms with E-state index >= 15 is 0 Å². The van der Waals surface area contributed by atoms with Crippen LogP contribution in [0.2, 0.25) is 0 Å². The van der Waals surface area contributed by atoms with E-state index in [-0.39, 0.29) is 24.0 Å². The molecular weight excluding hydrogens is 366 g/mol. The Morgan fingerprint density at radius 3 is 2.28 bits per heavy atom. The predicted molar refractivity (Wildman–Crippen MR) is 113 cm³/mol. The molecule has 0 saturated heterocycles. The van der Waals surface area contributed by atoms with Crippen LogP contribution in [0.3, 0.4) is 0 Å². The maximum Gasteiger partial charge on any atom is 0.274 e. The third kappa shape index (κ3) is 5.19. The molecule has 0 aliphatic carbocycles. The minimum absolute atomic E-state index is 0.119. The highest BCUT2D eigenvalue weighted by Crippen LogP contribution is 2.08. The predicted octanol–water partition coefficient (Wildman–Crippen LogP) is 3.03. The molecule has 6 nitrogen and oxygen atoms in total. The van der Waals surface area contributed by atoms with Gasteiger partial charge < -0.3 is 15.2 Å². The average molecular weight is 389 g/mol. The Hall–Kier alpha value is -3.67. The highest BCUT2D eigenvalue weighted by atomic mass is 16.2. The summed E-state index contributed by atoms with van der Waals surface area (Å²) in [6, 6.07) is 19.9. The second-order valence-electron chi connectivity index (χ2n) is 6.86. The summed E-state index contributed by atoms with van der Waals surface area (Å²) in [4.78, 5) is 37.5. The maximum atomic E-state index is 12.8. The topological polar surface area (TPSA) is 80.2 Å². The molecule has 1 aromatic heterocycles. The number of anilines is 1. The van der Waals surface area contributed by atoms with Crippen molar-refractivity contribution in [2.75, 3.05) is 5.32 Å². The molecule has 2 amide bonds. The van der Waals surface area contributed by atoms with Crippen LogP contribution in [0.15, 0.2) is 71.5 Å². The van der Waals surface area contributed by atoms with Crippen molar-refractivity contribution in [3.05, 3.63) is 99.5 Å². The molecule has 0 saturated carbocycles. The van der Waals surface area contributed by atoms with E-state index in [1.807, 2.05) is 49.4 Å². The van der Waals surface area contributed by atoms with E-state index in [0.717, 1.165) is 11.1 Å². The number of pyridine rings is 1. The van der Waals surface area contributed by atoms with E-state index in [1.165, 1.54) is 4.57 Å². The number of benzene rings is 2. The fourth-order valence-corrected chi connectivity index (χ4v) is 2.86. The standard InChI is InChI=1S/C23H23N3O3/c1-16-8-11-19(12-9-16)22(28)25-20-13-10-17(2)26(23(20)29)15-21(27)24-14-18-6-4-3-5-7-18/h3-13H,14-15H2,1-2H3,(H,24,27)(H,25,28). The van der Waals surface area contributed by atoms with Crippen LogP contribution in [-0.2, 0) is 17.9 Å². The second-order valence-corrected chi connectivity index (χ2v) is 6.86. The van der Waals surface area contributed by atoms with Crippen molar-refractivity contribution in [3.8, 4) is 0 Å². The van der Waals surface area contributed by atoms with Crippen molar-refractivity contribution in [2.24, 2.45) is 0 Å². The molecule has 0 unspecified atom stereocenters. The van der Waals surface area contributed by atoms with Gasteiger partial charge in [0.2, 0.25) is 5.91 Å². The molecule has 0 aliphatic heterocycles. The maximum absolute atomic E-state index is 12.8. The number of amides is 2. The molecule has 148 valence electrons. The van der Waals surface area contributed by atoms with Gasteiger partial charge in [-0.2, -0.15) is 0 Å². The number of carbonyl (C=O) groups excluding carboxylic acids is 2. The molecule has 0 aliphatic rings. The molecular formula is C23H23N3O3. The van der Waals surface area contributed by atoms with Crippen LogP contribution in [0.25, 0.3) is 0 Å². The third-order valence-corrected chi connectivity index (χ3v) is 4.59. The molecule has 0 atom stereocenters. The number of nitrogens with zero attached hydrogens (tertiary/aromatic N) is 1. The lowest BCUT2D eigenvalue weighted by atomic mass is 10.1. The Balaban J connectivity index is 1.71. The van der Waals surface area contributed by atoms with Crippen LogP contribution in [0, 0.1) is 13.8 Å². The third-order valence-electron chi connectivity index (χ3n) is 4.59. The molecule has 3 aromatic rings. The van der Waals surface area contributed by atoms with Gasteiger partial charge >= 0.3 is 0 Å². The van der Waals surface area contributed by atoms with Gasteiger partial charge in [-0.05, 0) is 43.7 Å². The molecule has 6 heteroatoms. The smallest absolute Gasteiger partial charge is 0.274 e. The first-order valence-corrected chi connectivity index (χ1v) is 9.33. The number of carbonyl (C=O) groups is 2. The van der Waals surface area contributed by atoms with Gasteiger partial charge in [-0.3, -0.25) is 14.4 Å². The van der Waals surface area contributed by atoms with Gasteiger partial charge in [0.05, 0.1) is 0 Å². The van der Waals surface area contributed by atoms with Crippen molar-refractivity contribution in [2.45, 2.75) is 26.9 Å². The van der Waals surface area contributed by atoms with E-state index in [1.54, 1.807) is 31.2 Å². The van der Waals surface area contributed by atoms with E-state index in [4.69, 9.17) is 0 Å². The highest BCUT2D eigenvalue weighted by Gasteiger charge is 2.13. The van der Waals surface area contributed by atoms with E-state index < -0.39 is 5.56 Å². The summed E-state index contributed by atoms with van der Waals surface area (Å²) < 4.78 is 1.35. The summed E-state index contributed by atoms with van der Waals surface area (Å²) in [5.74, 6) is -0.646. The van der Waals surface area contributed by atoms with Gasteiger partial charge in [-0.1, -0.05) is 48.0 Å². The quantitative estimate of drug-likeness (QED) is 0.680. The molecule has 1 heterocycles. The number of aryl methyl sites for hydroxylation is 2. The van der Waals surface area contributed by atoms with Crippen molar-refractivity contribution >= 4 is 17.5 Å². The van der Waals surface area contributed by atoms with Gasteiger partial charge in [-0.15, -0.1) is 0 Å². The number of hydrogen-bond acceptors (Lipinski definition) is 3. The highest BCUT2D eigenvalue weighted by molar-refractivity contribution is 6.04. The lowest BCUT2D eigenvalue weighted by Crippen LogP contribution is -2.34. The molecule has 0 fully saturated rings. The van der Waals surface area contributed by atoms with Crippen LogP contribution < -0.4 is 16.2 Å². The zero-order valence-corrected chi connectivity index (χ0v) is 16.4. The van der Waals surface area contributed by atoms with Crippen molar-refractivity contribution in [3.63, 3.8) is 0 Å². The summed E-state index contributed by atoms with van der Waals surface area (Å²) in [6.45, 7) is 3.95. The molecule has 29 heavy (non-hydrogen) atoms.